The minimum atomic E-state index is -0.902. The van der Waals surface area contributed by atoms with Gasteiger partial charge >= 0.3 is 5.97 Å². The van der Waals surface area contributed by atoms with Gasteiger partial charge in [0.25, 0.3) is 17.3 Å². The predicted octanol–water partition coefficient (Wildman–Crippen LogP) is 2.44. The van der Waals surface area contributed by atoms with Crippen LogP contribution in [0.2, 0.25) is 0 Å². The summed E-state index contributed by atoms with van der Waals surface area (Å²) in [5.74, 6) is -1.61. The number of carbonyl (C=O) groups excluding carboxylic acids is 2. The first-order valence-corrected chi connectivity index (χ1v) is 9.60. The highest BCUT2D eigenvalue weighted by molar-refractivity contribution is 5.99. The largest absolute Gasteiger partial charge is 0.452 e. The van der Waals surface area contributed by atoms with Gasteiger partial charge in [0.1, 0.15) is 0 Å². The standard InChI is InChI=1S/C20H20N4O8/c1-13-16(3-2-4-17(13)24(29)30)21-19(25)12-32-20(26)15-11-14(23(27)28)5-6-18(15)22-7-9-31-10-8-22/h2-6,11H,7-10,12H2,1H3,(H,21,25). The zero-order valence-corrected chi connectivity index (χ0v) is 17.1. The molecule has 0 aliphatic carbocycles. The third-order valence-electron chi connectivity index (χ3n) is 4.87. The minimum Gasteiger partial charge on any atom is -0.452 e. The maximum Gasteiger partial charge on any atom is 0.341 e. The van der Waals surface area contributed by atoms with Gasteiger partial charge in [0.2, 0.25) is 0 Å². The van der Waals surface area contributed by atoms with Crippen molar-refractivity contribution in [1.29, 1.82) is 0 Å². The van der Waals surface area contributed by atoms with E-state index in [1.807, 2.05) is 4.90 Å². The number of esters is 1. The van der Waals surface area contributed by atoms with E-state index in [9.17, 15) is 29.8 Å². The summed E-state index contributed by atoms with van der Waals surface area (Å²) in [6.07, 6.45) is 0. The number of morpholine rings is 1. The van der Waals surface area contributed by atoms with Crippen LogP contribution >= 0.6 is 0 Å². The second-order valence-electron chi connectivity index (χ2n) is 6.89. The molecule has 32 heavy (non-hydrogen) atoms. The molecular weight excluding hydrogens is 424 g/mol. The molecule has 2 aromatic rings. The van der Waals surface area contributed by atoms with Crippen LogP contribution < -0.4 is 10.2 Å². The number of nitro benzene ring substituents is 2. The molecule has 1 aliphatic rings. The minimum absolute atomic E-state index is 0.0413. The first-order valence-electron chi connectivity index (χ1n) is 9.60. The number of ether oxygens (including phenoxy) is 2. The summed E-state index contributed by atoms with van der Waals surface area (Å²) in [6.45, 7) is 2.67. The van der Waals surface area contributed by atoms with Crippen molar-refractivity contribution in [2.45, 2.75) is 6.92 Å². The molecule has 12 nitrogen and oxygen atoms in total. The number of benzene rings is 2. The number of non-ortho nitro benzene ring substituents is 1. The summed E-state index contributed by atoms with van der Waals surface area (Å²) in [7, 11) is 0. The molecule has 168 valence electrons. The average Bonchev–Trinajstić information content (AvgIpc) is 2.78. The second-order valence-corrected chi connectivity index (χ2v) is 6.89. The van der Waals surface area contributed by atoms with Crippen LogP contribution in [0.15, 0.2) is 36.4 Å². The molecule has 0 saturated carbocycles. The topological polar surface area (TPSA) is 154 Å². The third-order valence-corrected chi connectivity index (χ3v) is 4.87. The molecule has 2 aromatic carbocycles. The molecular formula is C20H20N4O8. The molecule has 0 spiro atoms. The van der Waals surface area contributed by atoms with E-state index in [4.69, 9.17) is 9.47 Å². The van der Waals surface area contributed by atoms with Crippen LogP contribution in [0.5, 0.6) is 0 Å². The molecule has 0 radical (unpaired) electrons. The molecule has 0 bridgehead atoms. The molecule has 0 atom stereocenters. The van der Waals surface area contributed by atoms with E-state index in [2.05, 4.69) is 5.32 Å². The molecule has 1 saturated heterocycles. The lowest BCUT2D eigenvalue weighted by Crippen LogP contribution is -2.37. The number of nitrogens with one attached hydrogen (secondary N) is 1. The van der Waals surface area contributed by atoms with Crippen molar-refractivity contribution in [2.24, 2.45) is 0 Å². The molecule has 1 aliphatic heterocycles. The number of anilines is 2. The van der Waals surface area contributed by atoms with Crippen LogP contribution in [0.3, 0.4) is 0 Å². The van der Waals surface area contributed by atoms with Crippen molar-refractivity contribution in [3.8, 4) is 0 Å². The SMILES string of the molecule is Cc1c(NC(=O)COC(=O)c2cc([N+](=O)[O-])ccc2N2CCOCC2)cccc1[N+](=O)[O-]. The molecule has 1 amide bonds. The van der Waals surface area contributed by atoms with Gasteiger partial charge in [0.15, 0.2) is 6.61 Å². The van der Waals surface area contributed by atoms with Crippen LogP contribution in [0, 0.1) is 27.2 Å². The summed E-state index contributed by atoms with van der Waals surface area (Å²) in [4.78, 5) is 47.8. The van der Waals surface area contributed by atoms with E-state index in [1.165, 1.54) is 37.3 Å². The first kappa shape index (κ1) is 22.6. The Kier molecular flexibility index (Phi) is 6.95. The second kappa shape index (κ2) is 9.83. The lowest BCUT2D eigenvalue weighted by Gasteiger charge is -2.30. The summed E-state index contributed by atoms with van der Waals surface area (Å²) in [6, 6.07) is 8.08. The highest BCUT2D eigenvalue weighted by Crippen LogP contribution is 2.28. The monoisotopic (exact) mass is 444 g/mol. The fraction of sp³-hybridized carbons (Fsp3) is 0.300. The van der Waals surface area contributed by atoms with Gasteiger partial charge in [-0.15, -0.1) is 0 Å². The van der Waals surface area contributed by atoms with Gasteiger partial charge in [-0.05, 0) is 19.1 Å². The number of hydrogen-bond acceptors (Lipinski definition) is 9. The Morgan fingerprint density at radius 3 is 2.50 bits per heavy atom. The highest BCUT2D eigenvalue weighted by Gasteiger charge is 2.24. The van der Waals surface area contributed by atoms with Crippen LogP contribution in [0.4, 0.5) is 22.7 Å². The molecule has 1 N–H and O–H groups in total. The van der Waals surface area contributed by atoms with Gasteiger partial charge in [-0.3, -0.25) is 25.0 Å². The summed E-state index contributed by atoms with van der Waals surface area (Å²) in [5.41, 5.74) is 0.423. The summed E-state index contributed by atoms with van der Waals surface area (Å²) in [5, 5.41) is 24.6. The lowest BCUT2D eigenvalue weighted by atomic mass is 10.1. The average molecular weight is 444 g/mol. The smallest absolute Gasteiger partial charge is 0.341 e. The van der Waals surface area contributed by atoms with Gasteiger partial charge in [-0.2, -0.15) is 0 Å². The fourth-order valence-corrected chi connectivity index (χ4v) is 3.23. The quantitative estimate of drug-likeness (QED) is 0.385. The van der Waals surface area contributed by atoms with E-state index in [0.717, 1.165) is 6.07 Å². The van der Waals surface area contributed by atoms with Crippen molar-refractivity contribution in [2.75, 3.05) is 43.1 Å². The van der Waals surface area contributed by atoms with Gasteiger partial charge in [0.05, 0.1) is 45.6 Å². The summed E-state index contributed by atoms with van der Waals surface area (Å²) >= 11 is 0. The Morgan fingerprint density at radius 2 is 1.84 bits per heavy atom. The van der Waals surface area contributed by atoms with Crippen molar-refractivity contribution >= 4 is 34.6 Å². The first-order chi connectivity index (χ1) is 15.3. The van der Waals surface area contributed by atoms with Crippen molar-refractivity contribution in [3.05, 3.63) is 67.8 Å². The van der Waals surface area contributed by atoms with E-state index < -0.39 is 28.3 Å². The zero-order valence-electron chi connectivity index (χ0n) is 17.1. The van der Waals surface area contributed by atoms with E-state index >= 15 is 0 Å². The Balaban J connectivity index is 1.73. The van der Waals surface area contributed by atoms with Gasteiger partial charge < -0.3 is 19.7 Å². The van der Waals surface area contributed by atoms with Gasteiger partial charge in [-0.25, -0.2) is 4.79 Å². The molecule has 12 heteroatoms. The molecule has 1 fully saturated rings. The van der Waals surface area contributed by atoms with Crippen LogP contribution in [-0.2, 0) is 14.3 Å². The van der Waals surface area contributed by atoms with Crippen molar-refractivity contribution in [1.82, 2.24) is 0 Å². The fourth-order valence-electron chi connectivity index (χ4n) is 3.23. The Hall–Kier alpha value is -4.06. The molecule has 3 rings (SSSR count). The highest BCUT2D eigenvalue weighted by atomic mass is 16.6. The Bertz CT molecular complexity index is 1070. The summed E-state index contributed by atoms with van der Waals surface area (Å²) < 4.78 is 10.4. The van der Waals surface area contributed by atoms with Crippen LogP contribution in [0.25, 0.3) is 0 Å². The van der Waals surface area contributed by atoms with Crippen molar-refractivity contribution < 1.29 is 28.9 Å². The third kappa shape index (κ3) is 5.16. The predicted molar refractivity (Wildman–Crippen MR) is 113 cm³/mol. The molecule has 1 heterocycles. The molecule has 0 aromatic heterocycles. The Labute approximate surface area is 182 Å². The van der Waals surface area contributed by atoms with E-state index in [0.29, 0.717) is 32.0 Å². The molecule has 0 unspecified atom stereocenters. The number of carbonyl (C=O) groups is 2. The number of amides is 1. The number of hydrogen-bond donors (Lipinski definition) is 1. The maximum absolute atomic E-state index is 12.7. The van der Waals surface area contributed by atoms with E-state index in [1.54, 1.807) is 0 Å². The van der Waals surface area contributed by atoms with Crippen LogP contribution in [0.1, 0.15) is 15.9 Å². The normalized spacial score (nSPS) is 13.3. The Morgan fingerprint density at radius 1 is 1.12 bits per heavy atom. The number of nitrogens with zero attached hydrogens (tertiary/aromatic N) is 3. The lowest BCUT2D eigenvalue weighted by molar-refractivity contribution is -0.385. The van der Waals surface area contributed by atoms with Crippen LogP contribution in [-0.4, -0.2) is 54.6 Å². The van der Waals surface area contributed by atoms with Crippen molar-refractivity contribution in [3.63, 3.8) is 0 Å². The number of rotatable bonds is 7. The van der Waals surface area contributed by atoms with Gasteiger partial charge in [-0.1, -0.05) is 6.07 Å². The maximum atomic E-state index is 12.7. The van der Waals surface area contributed by atoms with Gasteiger partial charge in [0, 0.05) is 31.3 Å². The zero-order chi connectivity index (χ0) is 23.3. The van der Waals surface area contributed by atoms with E-state index in [-0.39, 0.29) is 28.2 Å². The number of nitro groups is 2.